The molecule has 0 aliphatic heterocycles. The molecule has 0 rings (SSSR count). The highest BCUT2D eigenvalue weighted by Gasteiger charge is 2.24. The van der Waals surface area contributed by atoms with E-state index in [4.69, 9.17) is 4.74 Å². The summed E-state index contributed by atoms with van der Waals surface area (Å²) in [7, 11) is 0. The fraction of sp³-hybridized carbons (Fsp3) is 0.869. The van der Waals surface area contributed by atoms with Crippen LogP contribution in [0.1, 0.15) is 316 Å². The van der Waals surface area contributed by atoms with Crippen molar-refractivity contribution in [1.29, 1.82) is 0 Å². The lowest BCUT2D eigenvalue weighted by Gasteiger charge is -2.24. The van der Waals surface area contributed by atoms with E-state index in [0.29, 0.717) is 19.3 Å². The quantitative estimate of drug-likeness (QED) is 0.0244. The Hall–Kier alpha value is -1.92. The van der Waals surface area contributed by atoms with Gasteiger partial charge in [-0.1, -0.05) is 263 Å². The summed E-state index contributed by atoms with van der Waals surface area (Å²) in [5, 5.41) is 23.9. The second-order valence-corrected chi connectivity index (χ2v) is 20.4. The molecule has 6 heteroatoms. The summed E-state index contributed by atoms with van der Waals surface area (Å²) in [5.41, 5.74) is 0. The van der Waals surface area contributed by atoms with Gasteiger partial charge in [-0.3, -0.25) is 9.59 Å². The number of esters is 1. The first-order chi connectivity index (χ1) is 33.0. The highest BCUT2D eigenvalue weighted by molar-refractivity contribution is 5.77. The Morgan fingerprint density at radius 2 is 0.761 bits per heavy atom. The van der Waals surface area contributed by atoms with Crippen molar-refractivity contribution in [3.05, 3.63) is 36.5 Å². The van der Waals surface area contributed by atoms with E-state index in [-0.39, 0.29) is 24.9 Å². The van der Waals surface area contributed by atoms with Crippen LogP contribution >= 0.6 is 0 Å². The Balaban J connectivity index is 4.56. The van der Waals surface area contributed by atoms with Crippen molar-refractivity contribution in [2.75, 3.05) is 6.61 Å². The molecule has 3 N–H and O–H groups in total. The van der Waals surface area contributed by atoms with Crippen LogP contribution in [0.2, 0.25) is 0 Å². The van der Waals surface area contributed by atoms with E-state index in [9.17, 15) is 19.8 Å². The molecule has 0 saturated heterocycles. The average Bonchev–Trinajstić information content (AvgIpc) is 3.32. The topological polar surface area (TPSA) is 95.9 Å². The van der Waals surface area contributed by atoms with Crippen LogP contribution in [0, 0.1) is 0 Å². The largest absolute Gasteiger partial charge is 0.462 e. The highest BCUT2D eigenvalue weighted by Crippen LogP contribution is 2.18. The molecule has 0 radical (unpaired) electrons. The predicted molar refractivity (Wildman–Crippen MR) is 292 cm³/mol. The van der Waals surface area contributed by atoms with Gasteiger partial charge in [0.1, 0.15) is 6.10 Å². The van der Waals surface area contributed by atoms with Crippen LogP contribution in [-0.4, -0.2) is 46.9 Å². The Kier molecular flexibility index (Phi) is 53.4. The molecule has 394 valence electrons. The number of ether oxygens (including phenoxy) is 1. The Morgan fingerprint density at radius 1 is 0.433 bits per heavy atom. The molecule has 0 saturated carbocycles. The van der Waals surface area contributed by atoms with Crippen molar-refractivity contribution in [3.63, 3.8) is 0 Å². The summed E-state index contributed by atoms with van der Waals surface area (Å²) >= 11 is 0. The number of unbranched alkanes of at least 4 members (excludes halogenated alkanes) is 37. The lowest BCUT2D eigenvalue weighted by Crippen LogP contribution is -2.46. The van der Waals surface area contributed by atoms with E-state index < -0.39 is 18.2 Å². The molecule has 0 fully saturated rings. The predicted octanol–water partition coefficient (Wildman–Crippen LogP) is 18.4. The van der Waals surface area contributed by atoms with Crippen LogP contribution in [0.3, 0.4) is 0 Å². The minimum Gasteiger partial charge on any atom is -0.462 e. The number of rotatable bonds is 54. The van der Waals surface area contributed by atoms with Crippen molar-refractivity contribution in [3.8, 4) is 0 Å². The van der Waals surface area contributed by atoms with Gasteiger partial charge in [-0.25, -0.2) is 0 Å². The minimum absolute atomic E-state index is 0.0686. The van der Waals surface area contributed by atoms with E-state index in [1.807, 2.05) is 0 Å². The third-order valence-corrected chi connectivity index (χ3v) is 13.7. The molecular weight excluding hydrogens is 827 g/mol. The van der Waals surface area contributed by atoms with Gasteiger partial charge in [0, 0.05) is 6.42 Å². The fourth-order valence-electron chi connectivity index (χ4n) is 9.18. The molecule has 0 aromatic rings. The maximum atomic E-state index is 13.3. The first-order valence-corrected chi connectivity index (χ1v) is 29.7. The second-order valence-electron chi connectivity index (χ2n) is 20.4. The maximum Gasteiger partial charge on any atom is 0.306 e. The summed E-state index contributed by atoms with van der Waals surface area (Å²) < 4.78 is 5.96. The van der Waals surface area contributed by atoms with Crippen molar-refractivity contribution >= 4 is 11.9 Å². The van der Waals surface area contributed by atoms with Crippen LogP contribution in [0.25, 0.3) is 0 Å². The van der Waals surface area contributed by atoms with Crippen LogP contribution in [0.5, 0.6) is 0 Å². The zero-order valence-electron chi connectivity index (χ0n) is 45.0. The van der Waals surface area contributed by atoms with Crippen LogP contribution in [-0.2, 0) is 14.3 Å². The number of carbonyl (C=O) groups is 2. The number of amides is 1. The van der Waals surface area contributed by atoms with Gasteiger partial charge in [0.05, 0.1) is 25.2 Å². The van der Waals surface area contributed by atoms with Crippen molar-refractivity contribution in [2.24, 2.45) is 0 Å². The Morgan fingerprint density at radius 3 is 1.15 bits per heavy atom. The molecule has 0 heterocycles. The SMILES string of the molecule is CCCCCCCC/C=C/CCCCCCCC(CC(=O)NC(CO)C(O)CCCCCCCCCCCCCCCCC)OC(=O)CCCCCCC/C=C/C=C/CCCCCCCCC. The van der Waals surface area contributed by atoms with Crippen molar-refractivity contribution in [2.45, 2.75) is 334 Å². The summed E-state index contributed by atoms with van der Waals surface area (Å²) in [6.07, 6.45) is 66.4. The number of hydrogen-bond donors (Lipinski definition) is 3. The third-order valence-electron chi connectivity index (χ3n) is 13.7. The number of carbonyl (C=O) groups excluding carboxylic acids is 2. The van der Waals surface area contributed by atoms with Gasteiger partial charge in [-0.15, -0.1) is 0 Å². The molecule has 0 bridgehead atoms. The van der Waals surface area contributed by atoms with E-state index in [1.165, 1.54) is 199 Å². The number of nitrogens with one attached hydrogen (secondary N) is 1. The van der Waals surface area contributed by atoms with Crippen LogP contribution in [0.4, 0.5) is 0 Å². The van der Waals surface area contributed by atoms with Gasteiger partial charge >= 0.3 is 5.97 Å². The molecule has 0 aromatic heterocycles. The van der Waals surface area contributed by atoms with Gasteiger partial charge in [-0.2, -0.15) is 0 Å². The maximum absolute atomic E-state index is 13.3. The molecule has 3 unspecified atom stereocenters. The van der Waals surface area contributed by atoms with E-state index >= 15 is 0 Å². The zero-order chi connectivity index (χ0) is 48.8. The Labute approximate surface area is 417 Å². The molecule has 0 aliphatic rings. The van der Waals surface area contributed by atoms with Gasteiger partial charge in [0.2, 0.25) is 5.91 Å². The standard InChI is InChI=1S/C61H115NO5/c1-4-7-10-13-16-19-22-25-28-29-30-33-36-39-42-45-48-51-54-61(66)67-57(52-49-46-43-40-37-34-31-26-23-20-17-14-11-8-5-2)55-60(65)62-58(56-63)59(64)53-50-47-44-41-38-35-32-27-24-21-18-15-12-9-6-3/h26,28-31,33,57-59,63-64H,4-25,27,32,34-56H2,1-3H3,(H,62,65)/b29-28+,31-26+,33-30+. The highest BCUT2D eigenvalue weighted by atomic mass is 16.5. The number of aliphatic hydroxyl groups is 2. The summed E-state index contributed by atoms with van der Waals surface area (Å²) in [4.78, 5) is 26.3. The van der Waals surface area contributed by atoms with E-state index in [0.717, 1.165) is 70.6 Å². The van der Waals surface area contributed by atoms with Gasteiger partial charge in [0.15, 0.2) is 0 Å². The smallest absolute Gasteiger partial charge is 0.306 e. The minimum atomic E-state index is -0.792. The monoisotopic (exact) mass is 942 g/mol. The van der Waals surface area contributed by atoms with Crippen LogP contribution in [0.15, 0.2) is 36.5 Å². The lowest BCUT2D eigenvalue weighted by molar-refractivity contribution is -0.151. The summed E-state index contributed by atoms with van der Waals surface area (Å²) in [6.45, 7) is 6.51. The zero-order valence-corrected chi connectivity index (χ0v) is 45.0. The second kappa shape index (κ2) is 55.0. The van der Waals surface area contributed by atoms with Crippen molar-refractivity contribution < 1.29 is 24.5 Å². The normalized spacial score (nSPS) is 13.3. The number of hydrogen-bond acceptors (Lipinski definition) is 5. The summed E-state index contributed by atoms with van der Waals surface area (Å²) in [5.74, 6) is -0.485. The first kappa shape index (κ1) is 65.1. The molecule has 67 heavy (non-hydrogen) atoms. The van der Waals surface area contributed by atoms with Crippen molar-refractivity contribution in [1.82, 2.24) is 5.32 Å². The van der Waals surface area contributed by atoms with E-state index in [1.54, 1.807) is 0 Å². The van der Waals surface area contributed by atoms with Gasteiger partial charge < -0.3 is 20.3 Å². The molecule has 0 spiro atoms. The fourth-order valence-corrected chi connectivity index (χ4v) is 9.18. The molecular formula is C61H115NO5. The van der Waals surface area contributed by atoms with E-state index in [2.05, 4.69) is 62.5 Å². The van der Waals surface area contributed by atoms with Crippen LogP contribution < -0.4 is 5.32 Å². The Bertz CT molecular complexity index is 1100. The molecule has 3 atom stereocenters. The summed E-state index contributed by atoms with van der Waals surface area (Å²) in [6, 6.07) is -0.706. The number of allylic oxidation sites excluding steroid dienone is 6. The molecule has 6 nitrogen and oxygen atoms in total. The third kappa shape index (κ3) is 50.3. The molecule has 0 aromatic carbocycles. The van der Waals surface area contributed by atoms with Gasteiger partial charge in [-0.05, 0) is 77.0 Å². The average molecular weight is 943 g/mol. The first-order valence-electron chi connectivity index (χ1n) is 29.7. The molecule has 1 amide bonds. The lowest BCUT2D eigenvalue weighted by atomic mass is 10.0. The molecule has 0 aliphatic carbocycles. The number of aliphatic hydroxyl groups excluding tert-OH is 2. The van der Waals surface area contributed by atoms with Gasteiger partial charge in [0.25, 0.3) is 0 Å².